The molecule has 3 saturated heterocycles. The minimum absolute atomic E-state index is 0.145. The van der Waals surface area contributed by atoms with Crippen molar-refractivity contribution in [3.05, 3.63) is 41.9 Å². The summed E-state index contributed by atoms with van der Waals surface area (Å²) in [5.74, 6) is -3.73. The highest BCUT2D eigenvalue weighted by molar-refractivity contribution is 6.30. The second-order valence-corrected chi connectivity index (χ2v) is 10.3. The first-order valence-corrected chi connectivity index (χ1v) is 12.1. The van der Waals surface area contributed by atoms with Crippen LogP contribution in [0.1, 0.15) is 33.1 Å². The van der Waals surface area contributed by atoms with Gasteiger partial charge >= 0.3 is 5.97 Å². The van der Waals surface area contributed by atoms with Gasteiger partial charge in [-0.15, -0.1) is 6.58 Å². The van der Waals surface area contributed by atoms with E-state index in [1.54, 1.807) is 30.3 Å². The number of aliphatic hydroxyl groups excluding tert-OH is 1. The number of anilines is 1. The van der Waals surface area contributed by atoms with Crippen LogP contribution >= 0.6 is 11.6 Å². The van der Waals surface area contributed by atoms with Gasteiger partial charge in [-0.1, -0.05) is 31.5 Å². The predicted molar refractivity (Wildman–Crippen MR) is 126 cm³/mol. The van der Waals surface area contributed by atoms with Crippen LogP contribution in [0.25, 0.3) is 0 Å². The Morgan fingerprint density at radius 3 is 2.59 bits per heavy atom. The Balaban J connectivity index is 1.82. The molecule has 9 heteroatoms. The molecule has 3 aliphatic heterocycles. The van der Waals surface area contributed by atoms with Crippen LogP contribution in [0, 0.1) is 17.8 Å². The highest BCUT2D eigenvalue weighted by Gasteiger charge is 2.75. The van der Waals surface area contributed by atoms with Crippen LogP contribution in [-0.4, -0.2) is 69.8 Å². The van der Waals surface area contributed by atoms with Crippen LogP contribution in [0.15, 0.2) is 36.9 Å². The van der Waals surface area contributed by atoms with E-state index in [4.69, 9.17) is 16.3 Å². The van der Waals surface area contributed by atoms with Crippen LogP contribution in [0.4, 0.5) is 5.69 Å². The molecule has 34 heavy (non-hydrogen) atoms. The lowest BCUT2D eigenvalue weighted by molar-refractivity contribution is -0.151. The molecule has 3 fully saturated rings. The number of nitrogens with zero attached hydrogens (tertiary/aromatic N) is 2. The number of rotatable bonds is 9. The Morgan fingerprint density at radius 2 is 2.03 bits per heavy atom. The maximum Gasteiger partial charge on any atom is 0.310 e. The molecule has 4 rings (SSSR count). The van der Waals surface area contributed by atoms with Crippen LogP contribution in [0.3, 0.4) is 0 Å². The van der Waals surface area contributed by atoms with Crippen LogP contribution in [0.2, 0.25) is 5.02 Å². The largest absolute Gasteiger partial charge is 0.481 e. The standard InChI is InChI=1S/C25H31ClN2O6/c1-4-11-27(16-7-5-15(26)6-8-16)23(31)21-25-10-9-18(34-25)19(24(32)33)20(25)22(30)28(21)17(13-29)12-14(2)3/h4-8,14,17-21,29H,1,9-13H2,2-3H3,(H,32,33)/t17-,18-,19+,20+,21?,25?/m1/s1. The first-order valence-electron chi connectivity index (χ1n) is 11.7. The molecular weight excluding hydrogens is 460 g/mol. The van der Waals surface area contributed by atoms with Gasteiger partial charge in [0.1, 0.15) is 11.6 Å². The van der Waals surface area contributed by atoms with Gasteiger partial charge in [0.2, 0.25) is 5.91 Å². The summed E-state index contributed by atoms with van der Waals surface area (Å²) in [4.78, 5) is 43.1. The van der Waals surface area contributed by atoms with Crippen molar-refractivity contribution in [3.8, 4) is 0 Å². The van der Waals surface area contributed by atoms with Crippen LogP contribution in [0.5, 0.6) is 0 Å². The third-order valence-electron chi connectivity index (χ3n) is 7.32. The minimum atomic E-state index is -1.24. The molecule has 1 aromatic rings. The number of hydrogen-bond donors (Lipinski definition) is 2. The van der Waals surface area contributed by atoms with E-state index in [2.05, 4.69) is 6.58 Å². The Morgan fingerprint density at radius 1 is 1.35 bits per heavy atom. The second kappa shape index (κ2) is 9.32. The molecule has 6 atom stereocenters. The number of carboxylic acid groups (broad SMARTS) is 1. The molecule has 3 aliphatic rings. The Kier molecular flexibility index (Phi) is 6.77. The summed E-state index contributed by atoms with van der Waals surface area (Å²) in [6.45, 7) is 7.56. The Labute approximate surface area is 204 Å². The van der Waals surface area contributed by atoms with E-state index in [0.717, 1.165) is 0 Å². The number of fused-ring (bicyclic) bond motifs is 1. The predicted octanol–water partition coefficient (Wildman–Crippen LogP) is 2.73. The molecule has 184 valence electrons. The number of halogens is 1. The van der Waals surface area contributed by atoms with Crippen LogP contribution in [-0.2, 0) is 19.1 Å². The first kappa shape index (κ1) is 24.7. The first-order chi connectivity index (χ1) is 16.2. The summed E-state index contributed by atoms with van der Waals surface area (Å²) < 4.78 is 6.26. The van der Waals surface area contributed by atoms with Crippen molar-refractivity contribution >= 4 is 35.1 Å². The molecule has 3 heterocycles. The number of aliphatic hydroxyl groups is 1. The lowest BCUT2D eigenvalue weighted by Gasteiger charge is -2.39. The zero-order chi connectivity index (χ0) is 24.8. The van der Waals surface area contributed by atoms with E-state index in [9.17, 15) is 24.6 Å². The van der Waals surface area contributed by atoms with Crippen molar-refractivity contribution in [1.82, 2.24) is 4.90 Å². The molecule has 0 radical (unpaired) electrons. The number of aliphatic carboxylic acids is 1. The summed E-state index contributed by atoms with van der Waals surface area (Å²) >= 11 is 6.04. The van der Waals surface area contributed by atoms with Crippen molar-refractivity contribution in [1.29, 1.82) is 0 Å². The number of ether oxygens (including phenoxy) is 1. The number of hydrogen-bond acceptors (Lipinski definition) is 5. The fraction of sp³-hybridized carbons (Fsp3) is 0.560. The topological polar surface area (TPSA) is 107 Å². The van der Waals surface area contributed by atoms with E-state index < -0.39 is 47.5 Å². The molecule has 2 unspecified atom stereocenters. The van der Waals surface area contributed by atoms with Crippen molar-refractivity contribution in [2.75, 3.05) is 18.1 Å². The van der Waals surface area contributed by atoms with Crippen LogP contribution < -0.4 is 4.90 Å². The third-order valence-corrected chi connectivity index (χ3v) is 7.57. The molecule has 2 bridgehead atoms. The fourth-order valence-electron chi connectivity index (χ4n) is 6.09. The van der Waals surface area contributed by atoms with Gasteiger partial charge in [-0.05, 0) is 49.4 Å². The number of carboxylic acids is 1. The Bertz CT molecular complexity index is 982. The molecule has 0 aromatic heterocycles. The quantitative estimate of drug-likeness (QED) is 0.515. The minimum Gasteiger partial charge on any atom is -0.481 e. The van der Waals surface area contributed by atoms with Gasteiger partial charge in [0, 0.05) is 17.3 Å². The van der Waals surface area contributed by atoms with E-state index in [-0.39, 0.29) is 25.0 Å². The highest BCUT2D eigenvalue weighted by atomic mass is 35.5. The van der Waals surface area contributed by atoms with Gasteiger partial charge in [-0.25, -0.2) is 0 Å². The lowest BCUT2D eigenvalue weighted by Crippen LogP contribution is -2.59. The molecule has 2 amide bonds. The molecular formula is C25H31ClN2O6. The molecule has 8 nitrogen and oxygen atoms in total. The smallest absolute Gasteiger partial charge is 0.310 e. The normalized spacial score (nSPS) is 30.5. The van der Waals surface area contributed by atoms with Crippen molar-refractivity contribution in [2.24, 2.45) is 17.8 Å². The summed E-state index contributed by atoms with van der Waals surface area (Å²) in [7, 11) is 0. The average molecular weight is 491 g/mol. The maximum absolute atomic E-state index is 14.2. The van der Waals surface area contributed by atoms with E-state index in [1.165, 1.54) is 9.80 Å². The van der Waals surface area contributed by atoms with E-state index >= 15 is 0 Å². The average Bonchev–Trinajstić information content (AvgIpc) is 3.43. The number of benzene rings is 1. The van der Waals surface area contributed by atoms with Gasteiger partial charge in [0.25, 0.3) is 5.91 Å². The second-order valence-electron chi connectivity index (χ2n) is 9.82. The summed E-state index contributed by atoms with van der Waals surface area (Å²) in [6.07, 6.45) is 2.33. The van der Waals surface area contributed by atoms with Gasteiger partial charge in [-0.2, -0.15) is 0 Å². The van der Waals surface area contributed by atoms with Crippen molar-refractivity contribution < 1.29 is 29.3 Å². The lowest BCUT2D eigenvalue weighted by atomic mass is 9.70. The van der Waals surface area contributed by atoms with Gasteiger partial charge < -0.3 is 24.7 Å². The van der Waals surface area contributed by atoms with Crippen molar-refractivity contribution in [3.63, 3.8) is 0 Å². The zero-order valence-electron chi connectivity index (χ0n) is 19.4. The molecule has 2 N–H and O–H groups in total. The maximum atomic E-state index is 14.2. The Hall–Kier alpha value is -2.42. The van der Waals surface area contributed by atoms with Gasteiger partial charge in [-0.3, -0.25) is 14.4 Å². The fourth-order valence-corrected chi connectivity index (χ4v) is 6.21. The number of likely N-dealkylation sites (tertiary alicyclic amines) is 1. The zero-order valence-corrected chi connectivity index (χ0v) is 20.1. The van der Waals surface area contributed by atoms with Gasteiger partial charge in [0.05, 0.1) is 30.6 Å². The van der Waals surface area contributed by atoms with E-state index in [0.29, 0.717) is 30.0 Å². The SMILES string of the molecule is C=CCN(C(=O)C1N([C@@H](CO)CC(C)C)C(=O)[C@@H]2[C@@H](C(=O)O)[C@H]3CCC12O3)c1ccc(Cl)cc1. The molecule has 1 aromatic carbocycles. The summed E-state index contributed by atoms with van der Waals surface area (Å²) in [5.41, 5.74) is -0.661. The summed E-state index contributed by atoms with van der Waals surface area (Å²) in [5, 5.41) is 20.7. The van der Waals surface area contributed by atoms with Crippen molar-refractivity contribution in [2.45, 2.75) is 56.9 Å². The number of carbonyl (C=O) groups is 3. The molecule has 0 saturated carbocycles. The highest BCUT2D eigenvalue weighted by Crippen LogP contribution is 2.59. The van der Waals surface area contributed by atoms with E-state index in [1.807, 2.05) is 13.8 Å². The summed E-state index contributed by atoms with van der Waals surface area (Å²) in [6, 6.07) is 5.09. The number of amides is 2. The number of carbonyl (C=O) groups excluding carboxylic acids is 2. The van der Waals surface area contributed by atoms with Gasteiger partial charge in [0.15, 0.2) is 0 Å². The monoisotopic (exact) mass is 490 g/mol. The molecule has 0 aliphatic carbocycles. The third kappa shape index (κ3) is 3.82. The molecule has 1 spiro atoms.